The summed E-state index contributed by atoms with van der Waals surface area (Å²) in [6.07, 6.45) is -1.57. The molecule has 0 spiro atoms. The highest BCUT2D eigenvalue weighted by Crippen LogP contribution is 2.59. The van der Waals surface area contributed by atoms with Crippen LogP contribution in [0.15, 0.2) is 24.3 Å². The number of halogens is 1. The number of hydrogen-bond acceptors (Lipinski definition) is 6. The first-order chi connectivity index (χ1) is 11.5. The molecule has 4 atom stereocenters. The van der Waals surface area contributed by atoms with E-state index in [2.05, 4.69) is 15.9 Å². The Bertz CT molecular complexity index is 766. The van der Waals surface area contributed by atoms with Crippen LogP contribution in [-0.4, -0.2) is 58.4 Å². The normalized spacial score (nSPS) is 31.2. The molecule has 2 saturated heterocycles. The highest BCUT2D eigenvalue weighted by molar-refractivity contribution is 9.10. The molecule has 1 amide bonds. The molecule has 25 heavy (non-hydrogen) atoms. The van der Waals surface area contributed by atoms with E-state index in [4.69, 9.17) is 0 Å². The lowest BCUT2D eigenvalue weighted by Crippen LogP contribution is -2.74. The van der Waals surface area contributed by atoms with E-state index in [1.807, 2.05) is 0 Å². The number of aliphatic hydroxyl groups is 1. The number of aliphatic carboxylic acids is 1. The highest BCUT2D eigenvalue weighted by atomic mass is 79.9. The molecule has 2 heterocycles. The van der Waals surface area contributed by atoms with Crippen molar-refractivity contribution in [3.8, 4) is 5.75 Å². The number of thioether (sulfide) groups is 1. The number of ketones is 1. The number of alkyl halides is 1. The van der Waals surface area contributed by atoms with Crippen molar-refractivity contribution in [1.29, 1.82) is 0 Å². The Balaban J connectivity index is 1.90. The van der Waals surface area contributed by atoms with Crippen LogP contribution in [0.25, 0.3) is 0 Å². The molecule has 1 aromatic carbocycles. The number of aliphatic hydroxyl groups excluding tert-OH is 1. The van der Waals surface area contributed by atoms with E-state index in [0.29, 0.717) is 0 Å². The summed E-state index contributed by atoms with van der Waals surface area (Å²) in [6.45, 7) is 3.41. The fourth-order valence-electron chi connectivity index (χ4n) is 3.25. The van der Waals surface area contributed by atoms with Crippen LogP contribution in [0.3, 0.4) is 0 Å². The lowest BCUT2D eigenvalue weighted by Gasteiger charge is -2.49. The molecule has 0 saturated carbocycles. The standard InChI is InChI=1S/C16H16BrNO6S/c1-15(2)10(12(22)23)18-13(24)16(17,14(18)25-15)11(21)9(20)7-3-5-8(19)6-4-7/h3-6,9-10,14,19-20H,1-2H3,(H,22,23)/t9?,10-,14+,16?/m0/s1. The van der Waals surface area contributed by atoms with Crippen LogP contribution in [0.2, 0.25) is 0 Å². The summed E-state index contributed by atoms with van der Waals surface area (Å²) in [4.78, 5) is 38.2. The summed E-state index contributed by atoms with van der Waals surface area (Å²) >= 11 is 4.40. The van der Waals surface area contributed by atoms with E-state index < -0.39 is 44.3 Å². The third kappa shape index (κ3) is 2.48. The van der Waals surface area contributed by atoms with Crippen molar-refractivity contribution in [3.63, 3.8) is 0 Å². The van der Waals surface area contributed by atoms with Crippen LogP contribution in [0.1, 0.15) is 25.5 Å². The first kappa shape index (κ1) is 18.2. The molecule has 2 aliphatic heterocycles. The second-order valence-corrected chi connectivity index (χ2v) is 9.58. The average molecular weight is 430 g/mol. The zero-order chi connectivity index (χ0) is 18.7. The quantitative estimate of drug-likeness (QED) is 0.375. The maximum Gasteiger partial charge on any atom is 0.327 e. The number of aromatic hydroxyl groups is 1. The molecule has 0 aliphatic carbocycles. The van der Waals surface area contributed by atoms with Crippen molar-refractivity contribution < 1.29 is 29.7 Å². The van der Waals surface area contributed by atoms with Crippen LogP contribution < -0.4 is 0 Å². The zero-order valence-corrected chi connectivity index (χ0v) is 15.7. The number of β-lactam (4-membered cyclic amide) rings is 1. The Kier molecular flexibility index (Phi) is 4.17. The van der Waals surface area contributed by atoms with Gasteiger partial charge in [0.05, 0.1) is 0 Å². The SMILES string of the molecule is CC1(C)S[C@H]2N(C(=O)C2(Br)C(=O)C(O)c2ccc(O)cc2)[C@H]1C(=O)O. The van der Waals surface area contributed by atoms with Crippen molar-refractivity contribution in [2.75, 3.05) is 0 Å². The fourth-order valence-corrected chi connectivity index (χ4v) is 5.81. The maximum absolute atomic E-state index is 12.8. The molecule has 1 aromatic rings. The first-order valence-corrected chi connectivity index (χ1v) is 9.12. The number of phenols is 1. The minimum Gasteiger partial charge on any atom is -0.508 e. The Morgan fingerprint density at radius 3 is 2.36 bits per heavy atom. The summed E-state index contributed by atoms with van der Waals surface area (Å²) in [6, 6.07) is 4.40. The summed E-state index contributed by atoms with van der Waals surface area (Å²) in [7, 11) is 0. The molecular formula is C16H16BrNO6S. The van der Waals surface area contributed by atoms with Gasteiger partial charge in [-0.15, -0.1) is 11.8 Å². The number of Topliss-reactive ketones (excluding diaryl/α,β-unsaturated/α-hetero) is 1. The second-order valence-electron chi connectivity index (χ2n) is 6.60. The molecule has 3 N–H and O–H groups in total. The van der Waals surface area contributed by atoms with Gasteiger partial charge in [0.2, 0.25) is 0 Å². The molecule has 2 aliphatic rings. The fraction of sp³-hybridized carbons (Fsp3) is 0.438. The lowest BCUT2D eigenvalue weighted by atomic mass is 9.85. The van der Waals surface area contributed by atoms with Gasteiger partial charge in [-0.1, -0.05) is 28.1 Å². The van der Waals surface area contributed by atoms with E-state index in [1.54, 1.807) is 13.8 Å². The molecule has 0 aromatic heterocycles. The Hall–Kier alpha value is -1.58. The predicted molar refractivity (Wildman–Crippen MR) is 93.5 cm³/mol. The van der Waals surface area contributed by atoms with Gasteiger partial charge in [0.15, 0.2) is 10.1 Å². The van der Waals surface area contributed by atoms with Gasteiger partial charge in [0, 0.05) is 4.75 Å². The van der Waals surface area contributed by atoms with Gasteiger partial charge in [-0.05, 0) is 31.5 Å². The number of carbonyl (C=O) groups is 3. The van der Waals surface area contributed by atoms with Gasteiger partial charge in [0.25, 0.3) is 5.91 Å². The lowest BCUT2D eigenvalue weighted by molar-refractivity contribution is -0.164. The van der Waals surface area contributed by atoms with Gasteiger partial charge < -0.3 is 20.2 Å². The molecule has 9 heteroatoms. The van der Waals surface area contributed by atoms with E-state index in [9.17, 15) is 29.7 Å². The van der Waals surface area contributed by atoms with Crippen LogP contribution in [0.4, 0.5) is 0 Å². The zero-order valence-electron chi connectivity index (χ0n) is 13.3. The summed E-state index contributed by atoms with van der Waals surface area (Å²) in [5.41, 5.74) is 0.241. The largest absolute Gasteiger partial charge is 0.508 e. The highest BCUT2D eigenvalue weighted by Gasteiger charge is 2.74. The number of fused-ring (bicyclic) bond motifs is 1. The number of benzene rings is 1. The molecule has 0 radical (unpaired) electrons. The van der Waals surface area contributed by atoms with Crippen molar-refractivity contribution in [3.05, 3.63) is 29.8 Å². The maximum atomic E-state index is 12.8. The Labute approximate surface area is 156 Å². The summed E-state index contributed by atoms with van der Waals surface area (Å²) in [5.74, 6) is -2.56. The summed E-state index contributed by atoms with van der Waals surface area (Å²) in [5, 5.41) is 28.4. The number of hydrogen-bond donors (Lipinski definition) is 3. The van der Waals surface area contributed by atoms with Gasteiger partial charge in [0.1, 0.15) is 23.3 Å². The molecule has 0 bridgehead atoms. The van der Waals surface area contributed by atoms with Crippen molar-refractivity contribution in [2.24, 2.45) is 0 Å². The number of amides is 1. The third-order valence-corrected chi connectivity index (χ3v) is 7.64. The minimum atomic E-state index is -1.67. The van der Waals surface area contributed by atoms with Crippen LogP contribution in [-0.2, 0) is 14.4 Å². The van der Waals surface area contributed by atoms with E-state index in [-0.39, 0.29) is 11.3 Å². The van der Waals surface area contributed by atoms with Gasteiger partial charge in [-0.3, -0.25) is 9.59 Å². The van der Waals surface area contributed by atoms with Crippen molar-refractivity contribution >= 4 is 45.4 Å². The number of carboxylic acid groups (broad SMARTS) is 1. The monoisotopic (exact) mass is 429 g/mol. The van der Waals surface area contributed by atoms with Gasteiger partial charge in [-0.25, -0.2) is 4.79 Å². The van der Waals surface area contributed by atoms with Crippen LogP contribution >= 0.6 is 27.7 Å². The Morgan fingerprint density at radius 1 is 1.28 bits per heavy atom. The Morgan fingerprint density at radius 2 is 1.84 bits per heavy atom. The molecule has 3 rings (SSSR count). The van der Waals surface area contributed by atoms with Crippen LogP contribution in [0.5, 0.6) is 5.75 Å². The number of rotatable bonds is 4. The number of phenolic OH excluding ortho intramolecular Hbond substituents is 1. The third-order valence-electron chi connectivity index (χ3n) is 4.54. The summed E-state index contributed by atoms with van der Waals surface area (Å²) < 4.78 is -2.44. The average Bonchev–Trinajstić information content (AvgIpc) is 2.82. The molecule has 2 fully saturated rings. The molecule has 134 valence electrons. The van der Waals surface area contributed by atoms with E-state index in [1.165, 1.54) is 40.9 Å². The number of nitrogens with zero attached hydrogens (tertiary/aromatic N) is 1. The molecule has 2 unspecified atom stereocenters. The number of carbonyl (C=O) groups excluding carboxylic acids is 2. The predicted octanol–water partition coefficient (Wildman–Crippen LogP) is 1.28. The van der Waals surface area contributed by atoms with Crippen LogP contribution in [0, 0.1) is 0 Å². The van der Waals surface area contributed by atoms with E-state index in [0.717, 1.165) is 0 Å². The smallest absolute Gasteiger partial charge is 0.327 e. The van der Waals surface area contributed by atoms with Crippen molar-refractivity contribution in [2.45, 2.75) is 40.4 Å². The molecular weight excluding hydrogens is 414 g/mol. The van der Waals surface area contributed by atoms with Gasteiger partial charge >= 0.3 is 5.97 Å². The first-order valence-electron chi connectivity index (χ1n) is 7.45. The minimum absolute atomic E-state index is 0.0137. The number of carboxylic acids is 1. The topological polar surface area (TPSA) is 115 Å². The second kappa shape index (κ2) is 5.72. The van der Waals surface area contributed by atoms with Crippen molar-refractivity contribution in [1.82, 2.24) is 4.90 Å². The van der Waals surface area contributed by atoms with Gasteiger partial charge in [-0.2, -0.15) is 0 Å². The molecule has 7 nitrogen and oxygen atoms in total. The van der Waals surface area contributed by atoms with E-state index >= 15 is 0 Å².